The van der Waals surface area contributed by atoms with Gasteiger partial charge in [-0.3, -0.25) is 0 Å². The van der Waals surface area contributed by atoms with Gasteiger partial charge in [0.1, 0.15) is 17.5 Å². The van der Waals surface area contributed by atoms with Crippen molar-refractivity contribution in [3.8, 4) is 0 Å². The van der Waals surface area contributed by atoms with Gasteiger partial charge in [-0.2, -0.15) is 0 Å². The highest BCUT2D eigenvalue weighted by atomic mass is 16.5. The Kier molecular flexibility index (Phi) is 3.89. The van der Waals surface area contributed by atoms with Crippen LogP contribution in [0.3, 0.4) is 0 Å². The van der Waals surface area contributed by atoms with E-state index in [9.17, 15) is 5.11 Å². The average Bonchev–Trinajstić information content (AvgIpc) is 2.85. The number of hydrogen-bond acceptors (Lipinski definition) is 3. The summed E-state index contributed by atoms with van der Waals surface area (Å²) in [6.07, 6.45) is 4.98. The molecule has 2 rings (SSSR count). The minimum atomic E-state index is -0.648. The average molecular weight is 238 g/mol. The number of aliphatic hydroxyl groups excluding tert-OH is 1. The summed E-state index contributed by atoms with van der Waals surface area (Å²) >= 11 is 0. The molecular formula is C14H22O3. The summed E-state index contributed by atoms with van der Waals surface area (Å²) < 4.78 is 11.2. The fraction of sp³-hybridized carbons (Fsp3) is 0.714. The Labute approximate surface area is 103 Å². The van der Waals surface area contributed by atoms with Crippen LogP contribution < -0.4 is 0 Å². The van der Waals surface area contributed by atoms with Crippen LogP contribution >= 0.6 is 0 Å². The summed E-state index contributed by atoms with van der Waals surface area (Å²) in [5.74, 6) is 1.35. The molecule has 17 heavy (non-hydrogen) atoms. The second-order valence-corrected chi connectivity index (χ2v) is 5.10. The highest BCUT2D eigenvalue weighted by molar-refractivity contribution is 5.09. The minimum Gasteiger partial charge on any atom is -0.466 e. The largest absolute Gasteiger partial charge is 0.466 e. The summed E-state index contributed by atoms with van der Waals surface area (Å²) in [6, 6.07) is 3.63. The van der Waals surface area contributed by atoms with Crippen molar-refractivity contribution in [1.82, 2.24) is 0 Å². The Morgan fingerprint density at radius 2 is 2.24 bits per heavy atom. The predicted molar refractivity (Wildman–Crippen MR) is 65.7 cm³/mol. The van der Waals surface area contributed by atoms with Crippen molar-refractivity contribution in [2.24, 2.45) is 5.92 Å². The lowest BCUT2D eigenvalue weighted by atomic mass is 9.75. The Hall–Kier alpha value is -0.800. The first-order valence-electron chi connectivity index (χ1n) is 6.53. The molecule has 1 aromatic heterocycles. The van der Waals surface area contributed by atoms with Crippen molar-refractivity contribution in [2.45, 2.75) is 51.2 Å². The van der Waals surface area contributed by atoms with Crippen molar-refractivity contribution in [3.63, 3.8) is 0 Å². The highest BCUT2D eigenvalue weighted by Crippen LogP contribution is 2.43. The Balaban J connectivity index is 2.16. The van der Waals surface area contributed by atoms with Crippen LogP contribution in [-0.4, -0.2) is 17.3 Å². The smallest absolute Gasteiger partial charge is 0.140 e. The molecule has 0 aromatic carbocycles. The topological polar surface area (TPSA) is 42.6 Å². The summed E-state index contributed by atoms with van der Waals surface area (Å²) in [5.41, 5.74) is -0.445. The first-order chi connectivity index (χ1) is 8.18. The van der Waals surface area contributed by atoms with E-state index in [0.29, 0.717) is 12.4 Å². The third-order valence-electron chi connectivity index (χ3n) is 3.86. The lowest BCUT2D eigenvalue weighted by Crippen LogP contribution is -2.42. The molecule has 3 heteroatoms. The van der Waals surface area contributed by atoms with Gasteiger partial charge in [0.2, 0.25) is 0 Å². The summed E-state index contributed by atoms with van der Waals surface area (Å²) in [5, 5.41) is 10.5. The molecule has 1 saturated carbocycles. The maximum absolute atomic E-state index is 10.5. The highest BCUT2D eigenvalue weighted by Gasteiger charge is 2.43. The van der Waals surface area contributed by atoms with Crippen LogP contribution in [0.2, 0.25) is 0 Å². The second-order valence-electron chi connectivity index (χ2n) is 5.10. The van der Waals surface area contributed by atoms with E-state index in [1.54, 1.807) is 6.26 Å². The van der Waals surface area contributed by atoms with Gasteiger partial charge in [0.05, 0.1) is 6.26 Å². The fourth-order valence-electron chi connectivity index (χ4n) is 2.74. The molecule has 0 saturated heterocycles. The Bertz CT molecular complexity index is 323. The first kappa shape index (κ1) is 12.7. The van der Waals surface area contributed by atoms with Crippen molar-refractivity contribution < 1.29 is 14.3 Å². The van der Waals surface area contributed by atoms with Crippen LogP contribution in [0.25, 0.3) is 0 Å². The molecule has 1 atom stereocenters. The molecule has 1 aliphatic rings. The van der Waals surface area contributed by atoms with Gasteiger partial charge in [0, 0.05) is 6.61 Å². The molecule has 96 valence electrons. The molecule has 1 aromatic rings. The number of aliphatic hydroxyl groups is 1. The predicted octanol–water partition coefficient (Wildman–Crippen LogP) is 3.30. The summed E-state index contributed by atoms with van der Waals surface area (Å²) in [6.45, 7) is 4.87. The van der Waals surface area contributed by atoms with Gasteiger partial charge < -0.3 is 14.3 Å². The van der Waals surface area contributed by atoms with E-state index in [2.05, 4.69) is 6.92 Å². The monoisotopic (exact) mass is 238 g/mol. The number of rotatable bonds is 4. The van der Waals surface area contributed by atoms with Crippen LogP contribution in [0.1, 0.15) is 51.4 Å². The zero-order valence-electron chi connectivity index (χ0n) is 10.7. The fourth-order valence-corrected chi connectivity index (χ4v) is 2.74. The standard InChI is InChI=1S/C14H22O3/c1-3-17-14(8-6-11(2)7-9-14)13(15)12-5-4-10-16-12/h4-5,10-11,13,15H,3,6-9H2,1-2H3. The molecule has 0 amide bonds. The molecular weight excluding hydrogens is 216 g/mol. The zero-order valence-corrected chi connectivity index (χ0v) is 10.7. The van der Waals surface area contributed by atoms with Gasteiger partial charge in [0.15, 0.2) is 0 Å². The maximum atomic E-state index is 10.5. The quantitative estimate of drug-likeness (QED) is 0.875. The van der Waals surface area contributed by atoms with Gasteiger partial charge in [-0.05, 0) is 50.7 Å². The van der Waals surface area contributed by atoms with E-state index in [0.717, 1.165) is 31.6 Å². The van der Waals surface area contributed by atoms with Gasteiger partial charge in [-0.15, -0.1) is 0 Å². The second kappa shape index (κ2) is 5.23. The molecule has 1 N–H and O–H groups in total. The van der Waals surface area contributed by atoms with Crippen molar-refractivity contribution in [1.29, 1.82) is 0 Å². The van der Waals surface area contributed by atoms with Crippen LogP contribution in [0.5, 0.6) is 0 Å². The number of hydrogen-bond donors (Lipinski definition) is 1. The van der Waals surface area contributed by atoms with Crippen molar-refractivity contribution >= 4 is 0 Å². The van der Waals surface area contributed by atoms with E-state index in [4.69, 9.17) is 9.15 Å². The van der Waals surface area contributed by atoms with E-state index in [-0.39, 0.29) is 0 Å². The summed E-state index contributed by atoms with van der Waals surface area (Å²) in [7, 11) is 0. The molecule has 1 unspecified atom stereocenters. The summed E-state index contributed by atoms with van der Waals surface area (Å²) in [4.78, 5) is 0. The zero-order chi connectivity index (χ0) is 12.3. The minimum absolute atomic E-state index is 0.445. The van der Waals surface area contributed by atoms with Gasteiger partial charge in [-0.1, -0.05) is 6.92 Å². The number of ether oxygens (including phenoxy) is 1. The van der Waals surface area contributed by atoms with Crippen molar-refractivity contribution in [2.75, 3.05) is 6.61 Å². The van der Waals surface area contributed by atoms with E-state index in [1.807, 2.05) is 19.1 Å². The van der Waals surface area contributed by atoms with Crippen molar-refractivity contribution in [3.05, 3.63) is 24.2 Å². The van der Waals surface area contributed by atoms with Crippen LogP contribution in [0.15, 0.2) is 22.8 Å². The Morgan fingerprint density at radius 3 is 2.76 bits per heavy atom. The molecule has 0 radical (unpaired) electrons. The maximum Gasteiger partial charge on any atom is 0.140 e. The molecule has 1 fully saturated rings. The van der Waals surface area contributed by atoms with Gasteiger partial charge in [-0.25, -0.2) is 0 Å². The Morgan fingerprint density at radius 1 is 1.53 bits per heavy atom. The van der Waals surface area contributed by atoms with Gasteiger partial charge in [0.25, 0.3) is 0 Å². The first-order valence-corrected chi connectivity index (χ1v) is 6.53. The van der Waals surface area contributed by atoms with Crippen LogP contribution in [0.4, 0.5) is 0 Å². The van der Waals surface area contributed by atoms with E-state index in [1.165, 1.54) is 0 Å². The van der Waals surface area contributed by atoms with Gasteiger partial charge >= 0.3 is 0 Å². The molecule has 0 aliphatic heterocycles. The number of furan rings is 1. The molecule has 0 bridgehead atoms. The van der Waals surface area contributed by atoms with E-state index < -0.39 is 11.7 Å². The van der Waals surface area contributed by atoms with Crippen LogP contribution in [-0.2, 0) is 4.74 Å². The molecule has 1 heterocycles. The molecule has 3 nitrogen and oxygen atoms in total. The van der Waals surface area contributed by atoms with E-state index >= 15 is 0 Å². The molecule has 1 aliphatic carbocycles. The lowest BCUT2D eigenvalue weighted by Gasteiger charge is -2.41. The molecule has 0 spiro atoms. The third kappa shape index (κ3) is 2.55. The SMILES string of the molecule is CCOC1(C(O)c2ccco2)CCC(C)CC1. The normalized spacial score (nSPS) is 31.4. The third-order valence-corrected chi connectivity index (χ3v) is 3.86. The lowest BCUT2D eigenvalue weighted by molar-refractivity contribution is -0.152. The van der Waals surface area contributed by atoms with Crippen LogP contribution in [0, 0.1) is 5.92 Å².